The third-order valence-electron chi connectivity index (χ3n) is 5.69. The van der Waals surface area contributed by atoms with E-state index in [1.54, 1.807) is 0 Å². The van der Waals surface area contributed by atoms with Crippen LogP contribution in [0.2, 0.25) is 5.02 Å². The van der Waals surface area contributed by atoms with E-state index in [1.807, 2.05) is 6.07 Å². The molecular weight excluding hydrogens is 542 g/mol. The highest BCUT2D eigenvalue weighted by atomic mass is 35.5. The Hall–Kier alpha value is -3.22. The molecule has 16 heteroatoms. The predicted octanol–water partition coefficient (Wildman–Crippen LogP) is 5.71. The fourth-order valence-electron chi connectivity index (χ4n) is 3.62. The number of benzene rings is 1. The Morgan fingerprint density at radius 3 is 2.35 bits per heavy atom. The van der Waals surface area contributed by atoms with Crippen LogP contribution in [0.25, 0.3) is 22.7 Å². The van der Waals surface area contributed by atoms with Gasteiger partial charge in [-0.3, -0.25) is 10.00 Å². The van der Waals surface area contributed by atoms with E-state index in [-0.39, 0.29) is 26.5 Å². The quantitative estimate of drug-likeness (QED) is 0.299. The minimum atomic E-state index is -6.34. The summed E-state index contributed by atoms with van der Waals surface area (Å²) in [5.41, 5.74) is -6.91. The Kier molecular flexibility index (Phi) is 6.29. The van der Waals surface area contributed by atoms with Gasteiger partial charge in [0.05, 0.1) is 6.07 Å². The van der Waals surface area contributed by atoms with Gasteiger partial charge in [0, 0.05) is 29.3 Å². The van der Waals surface area contributed by atoms with Crippen LogP contribution >= 0.6 is 11.6 Å². The normalized spacial score (nSPS) is 16.5. The first-order chi connectivity index (χ1) is 17.0. The van der Waals surface area contributed by atoms with Gasteiger partial charge in [-0.25, -0.2) is 0 Å². The number of aliphatic hydroxyl groups excluding tert-OH is 1. The van der Waals surface area contributed by atoms with Crippen LogP contribution in [0.5, 0.6) is 0 Å². The largest absolute Gasteiger partial charge is 0.459 e. The molecule has 0 bridgehead atoms. The topological polar surface area (TPSA) is 99.9 Å². The summed E-state index contributed by atoms with van der Waals surface area (Å²) >= 11 is 6.12. The van der Waals surface area contributed by atoms with Gasteiger partial charge < -0.3 is 9.63 Å². The summed E-state index contributed by atoms with van der Waals surface area (Å²) in [5.74, 6) is -6.70. The second-order valence-corrected chi connectivity index (χ2v) is 8.73. The average molecular weight is 556 g/mol. The molecule has 0 saturated heterocycles. The molecule has 2 aromatic heterocycles. The van der Waals surface area contributed by atoms with E-state index >= 15 is 0 Å². The molecule has 2 heterocycles. The van der Waals surface area contributed by atoms with E-state index in [4.69, 9.17) is 16.1 Å². The number of nitrogens with zero attached hydrogens (tertiary/aromatic N) is 4. The van der Waals surface area contributed by atoms with Crippen LogP contribution < -0.4 is 5.32 Å². The summed E-state index contributed by atoms with van der Waals surface area (Å²) in [7, 11) is 0.744. The predicted molar refractivity (Wildman–Crippen MR) is 110 cm³/mol. The summed E-state index contributed by atoms with van der Waals surface area (Å²) in [6.07, 6.45) is -12.4. The second-order valence-electron chi connectivity index (χ2n) is 8.32. The van der Waals surface area contributed by atoms with E-state index in [9.17, 15) is 45.5 Å². The molecule has 37 heavy (non-hydrogen) atoms. The number of nitriles is 1. The van der Waals surface area contributed by atoms with Crippen LogP contribution in [0.4, 0.5) is 35.1 Å². The standard InChI is InChI=1S/C21H14ClF8N5O2/c1-35-15(14(20(25,26)27)16(33-35)19(23,24)21(28,29)30)13-7-12(34-37-13)9-2-3-11(22)10(6-9)17(36)32-18(8-31)4-5-18/h2-3,6-7,17,32,36H,4-5H2,1H3. The number of aromatic nitrogens is 3. The van der Waals surface area contributed by atoms with Gasteiger partial charge in [0.2, 0.25) is 0 Å². The lowest BCUT2D eigenvalue weighted by atomic mass is 10.0. The summed E-state index contributed by atoms with van der Waals surface area (Å²) in [6, 6.07) is 6.88. The minimum absolute atomic E-state index is 0.0752. The number of hydrogen-bond donors (Lipinski definition) is 2. The fourth-order valence-corrected chi connectivity index (χ4v) is 3.84. The summed E-state index contributed by atoms with van der Waals surface area (Å²) in [5, 5.41) is 28.9. The molecule has 0 aliphatic heterocycles. The Bertz CT molecular complexity index is 1380. The highest BCUT2D eigenvalue weighted by Crippen LogP contribution is 2.50. The Labute approximate surface area is 207 Å². The van der Waals surface area contributed by atoms with Crippen molar-refractivity contribution in [2.75, 3.05) is 0 Å². The lowest BCUT2D eigenvalue weighted by Crippen LogP contribution is -2.36. The monoisotopic (exact) mass is 555 g/mol. The van der Waals surface area contributed by atoms with Gasteiger partial charge in [-0.05, 0) is 25.0 Å². The first-order valence-electron chi connectivity index (χ1n) is 10.2. The molecule has 0 amide bonds. The average Bonchev–Trinajstić information content (AvgIpc) is 3.21. The zero-order valence-electron chi connectivity index (χ0n) is 18.3. The van der Waals surface area contributed by atoms with E-state index in [0.717, 1.165) is 13.1 Å². The first-order valence-corrected chi connectivity index (χ1v) is 10.6. The third-order valence-corrected chi connectivity index (χ3v) is 6.04. The van der Waals surface area contributed by atoms with Crippen molar-refractivity contribution in [3.63, 3.8) is 0 Å². The Morgan fingerprint density at radius 1 is 1.16 bits per heavy atom. The van der Waals surface area contributed by atoms with Crippen molar-refractivity contribution < 1.29 is 44.8 Å². The van der Waals surface area contributed by atoms with Crippen LogP contribution in [0, 0.1) is 11.3 Å². The van der Waals surface area contributed by atoms with Crippen LogP contribution in [0.1, 0.15) is 35.9 Å². The Morgan fingerprint density at radius 2 is 1.81 bits per heavy atom. The minimum Gasteiger partial charge on any atom is -0.374 e. The molecule has 1 aromatic carbocycles. The van der Waals surface area contributed by atoms with Gasteiger partial charge in [-0.15, -0.1) is 0 Å². The molecule has 3 aromatic rings. The van der Waals surface area contributed by atoms with E-state index in [2.05, 4.69) is 15.6 Å². The van der Waals surface area contributed by atoms with Crippen molar-refractivity contribution in [1.29, 1.82) is 5.26 Å². The molecule has 0 spiro atoms. The lowest BCUT2D eigenvalue weighted by molar-refractivity contribution is -0.292. The van der Waals surface area contributed by atoms with Gasteiger partial charge in [0.1, 0.15) is 28.7 Å². The summed E-state index contributed by atoms with van der Waals surface area (Å²) < 4.78 is 113. The van der Waals surface area contributed by atoms with Crippen LogP contribution in [-0.4, -0.2) is 31.8 Å². The van der Waals surface area contributed by atoms with Crippen molar-refractivity contribution in [3.05, 3.63) is 46.1 Å². The fraction of sp³-hybridized carbons (Fsp3) is 0.381. The molecule has 2 N–H and O–H groups in total. The van der Waals surface area contributed by atoms with Crippen LogP contribution in [0.15, 0.2) is 28.8 Å². The molecule has 1 unspecified atom stereocenters. The van der Waals surface area contributed by atoms with E-state index in [0.29, 0.717) is 12.8 Å². The summed E-state index contributed by atoms with van der Waals surface area (Å²) in [6.45, 7) is 0. The SMILES string of the molecule is Cn1nc(C(F)(F)C(F)(F)F)c(C(F)(F)F)c1-c1cc(-c2ccc(Cl)c(C(O)NC3(C#N)CC3)c2)no1. The lowest BCUT2D eigenvalue weighted by Gasteiger charge is -2.19. The van der Waals surface area contributed by atoms with Gasteiger partial charge in [-0.1, -0.05) is 22.8 Å². The molecule has 1 aliphatic carbocycles. The molecule has 0 radical (unpaired) electrons. The van der Waals surface area contributed by atoms with E-state index < -0.39 is 52.8 Å². The molecule has 4 rings (SSSR count). The molecule has 1 saturated carbocycles. The number of hydrogen-bond acceptors (Lipinski definition) is 6. The molecule has 1 atom stereocenters. The number of aryl methyl sites for hydroxylation is 1. The van der Waals surface area contributed by atoms with Gasteiger partial charge in [-0.2, -0.15) is 45.5 Å². The number of alkyl halides is 8. The van der Waals surface area contributed by atoms with Gasteiger partial charge in [0.15, 0.2) is 11.5 Å². The third kappa shape index (κ3) is 4.76. The van der Waals surface area contributed by atoms with Crippen molar-refractivity contribution in [3.8, 4) is 28.8 Å². The first kappa shape index (κ1) is 26.8. The van der Waals surface area contributed by atoms with Crippen molar-refractivity contribution in [1.82, 2.24) is 20.3 Å². The van der Waals surface area contributed by atoms with Gasteiger partial charge >= 0.3 is 18.3 Å². The van der Waals surface area contributed by atoms with Crippen LogP contribution in [0.3, 0.4) is 0 Å². The number of nitrogens with one attached hydrogen (secondary N) is 1. The highest BCUT2D eigenvalue weighted by molar-refractivity contribution is 6.31. The molecule has 1 fully saturated rings. The van der Waals surface area contributed by atoms with E-state index in [1.165, 1.54) is 18.2 Å². The second kappa shape index (κ2) is 8.67. The number of rotatable bonds is 6. The molecule has 198 valence electrons. The molecular formula is C21H14ClF8N5O2. The number of aliphatic hydroxyl groups is 1. The Balaban J connectivity index is 1.76. The maximum Gasteiger partial charge on any atom is 0.459 e. The maximum atomic E-state index is 13.9. The van der Waals surface area contributed by atoms with Crippen molar-refractivity contribution in [2.45, 2.75) is 42.9 Å². The maximum absolute atomic E-state index is 13.9. The highest BCUT2D eigenvalue weighted by Gasteiger charge is 2.64. The number of halogens is 9. The summed E-state index contributed by atoms with van der Waals surface area (Å²) in [4.78, 5) is 0. The zero-order valence-corrected chi connectivity index (χ0v) is 19.1. The van der Waals surface area contributed by atoms with Crippen molar-refractivity contribution in [2.24, 2.45) is 7.05 Å². The molecule has 1 aliphatic rings. The van der Waals surface area contributed by atoms with Gasteiger partial charge in [0.25, 0.3) is 0 Å². The zero-order chi connectivity index (χ0) is 27.6. The van der Waals surface area contributed by atoms with Crippen LogP contribution in [-0.2, 0) is 19.1 Å². The smallest absolute Gasteiger partial charge is 0.374 e. The van der Waals surface area contributed by atoms with Crippen molar-refractivity contribution >= 4 is 11.6 Å². The molecule has 7 nitrogen and oxygen atoms in total.